The first-order chi connectivity index (χ1) is 8.83. The molecule has 114 valence electrons. The first kappa shape index (κ1) is 16.9. The number of rotatable bonds is 3. The van der Waals surface area contributed by atoms with E-state index in [1.54, 1.807) is 0 Å². The summed E-state index contributed by atoms with van der Waals surface area (Å²) in [4.78, 5) is 15.7. The number of halogens is 1. The molecular formula is C13H23ClN4O2. The van der Waals surface area contributed by atoms with Gasteiger partial charge in [0.2, 0.25) is 11.8 Å². The molecular weight excluding hydrogens is 280 g/mol. The van der Waals surface area contributed by atoms with Crippen LogP contribution in [0.25, 0.3) is 0 Å². The van der Waals surface area contributed by atoms with E-state index in [0.29, 0.717) is 11.7 Å². The molecule has 1 unspecified atom stereocenters. The number of piperidine rings is 1. The van der Waals surface area contributed by atoms with E-state index in [-0.39, 0.29) is 23.9 Å². The van der Waals surface area contributed by atoms with Crippen molar-refractivity contribution < 1.29 is 9.32 Å². The lowest BCUT2D eigenvalue weighted by molar-refractivity contribution is -0.120. The standard InChI is InChI=1S/C13H22N4O2.ClH/c1-9(18)16-12(2,3)10-15-11(19-17-10)13(4)7-5-6-8-14-13;/h14H,5-8H2,1-4H3,(H,16,18);1H. The van der Waals surface area contributed by atoms with Crippen LogP contribution in [-0.2, 0) is 15.9 Å². The van der Waals surface area contributed by atoms with E-state index in [2.05, 4.69) is 27.7 Å². The van der Waals surface area contributed by atoms with Gasteiger partial charge in [0, 0.05) is 6.92 Å². The molecule has 0 bridgehead atoms. The normalized spacial score (nSPS) is 23.0. The van der Waals surface area contributed by atoms with E-state index in [4.69, 9.17) is 4.52 Å². The van der Waals surface area contributed by atoms with Crippen LogP contribution in [0, 0.1) is 0 Å². The van der Waals surface area contributed by atoms with Crippen molar-refractivity contribution in [2.24, 2.45) is 0 Å². The van der Waals surface area contributed by atoms with Gasteiger partial charge in [0.05, 0.1) is 11.1 Å². The summed E-state index contributed by atoms with van der Waals surface area (Å²) >= 11 is 0. The quantitative estimate of drug-likeness (QED) is 0.891. The van der Waals surface area contributed by atoms with Crippen molar-refractivity contribution >= 4 is 18.3 Å². The van der Waals surface area contributed by atoms with Gasteiger partial charge < -0.3 is 15.2 Å². The Morgan fingerprint density at radius 1 is 1.45 bits per heavy atom. The highest BCUT2D eigenvalue weighted by molar-refractivity contribution is 5.85. The van der Waals surface area contributed by atoms with Gasteiger partial charge in [0.15, 0.2) is 5.82 Å². The molecule has 2 rings (SSSR count). The first-order valence-electron chi connectivity index (χ1n) is 6.72. The van der Waals surface area contributed by atoms with Crippen LogP contribution in [0.2, 0.25) is 0 Å². The highest BCUT2D eigenvalue weighted by Gasteiger charge is 2.36. The lowest BCUT2D eigenvalue weighted by Crippen LogP contribution is -2.44. The third kappa shape index (κ3) is 3.49. The summed E-state index contributed by atoms with van der Waals surface area (Å²) in [5.74, 6) is 0.991. The minimum Gasteiger partial charge on any atom is -0.344 e. The second-order valence-corrected chi connectivity index (χ2v) is 5.95. The summed E-state index contributed by atoms with van der Waals surface area (Å²) in [5, 5.41) is 10.3. The fourth-order valence-corrected chi connectivity index (χ4v) is 2.44. The Balaban J connectivity index is 0.00000200. The number of amides is 1. The zero-order valence-electron chi connectivity index (χ0n) is 12.4. The topological polar surface area (TPSA) is 80.0 Å². The van der Waals surface area contributed by atoms with E-state index in [1.807, 2.05) is 13.8 Å². The Hall–Kier alpha value is -1.14. The Labute approximate surface area is 125 Å². The third-order valence-corrected chi connectivity index (χ3v) is 3.56. The van der Waals surface area contributed by atoms with Crippen LogP contribution in [0.3, 0.4) is 0 Å². The van der Waals surface area contributed by atoms with Crippen molar-refractivity contribution in [2.45, 2.75) is 58.0 Å². The lowest BCUT2D eigenvalue weighted by Gasteiger charge is -2.31. The highest BCUT2D eigenvalue weighted by atomic mass is 35.5. The fourth-order valence-electron chi connectivity index (χ4n) is 2.44. The first-order valence-corrected chi connectivity index (χ1v) is 6.72. The summed E-state index contributed by atoms with van der Waals surface area (Å²) in [6.45, 7) is 8.24. The van der Waals surface area contributed by atoms with Crippen molar-refractivity contribution in [3.8, 4) is 0 Å². The molecule has 1 aromatic heterocycles. The number of hydrogen-bond acceptors (Lipinski definition) is 5. The van der Waals surface area contributed by atoms with E-state index < -0.39 is 5.54 Å². The Kier molecular flexibility index (Phi) is 5.15. The van der Waals surface area contributed by atoms with Crippen LogP contribution in [0.4, 0.5) is 0 Å². The molecule has 2 heterocycles. The van der Waals surface area contributed by atoms with Crippen LogP contribution in [0.15, 0.2) is 4.52 Å². The molecule has 1 aromatic rings. The predicted octanol–water partition coefficient (Wildman–Crippen LogP) is 1.85. The molecule has 0 saturated carbocycles. The summed E-state index contributed by atoms with van der Waals surface area (Å²) in [5.41, 5.74) is -0.881. The van der Waals surface area contributed by atoms with Gasteiger partial charge in [-0.25, -0.2) is 0 Å². The van der Waals surface area contributed by atoms with Gasteiger partial charge in [-0.1, -0.05) is 5.16 Å². The third-order valence-electron chi connectivity index (χ3n) is 3.56. The fraction of sp³-hybridized carbons (Fsp3) is 0.769. The molecule has 1 aliphatic heterocycles. The zero-order chi connectivity index (χ0) is 14.1. The van der Waals surface area contributed by atoms with E-state index in [1.165, 1.54) is 13.3 Å². The molecule has 1 atom stereocenters. The smallest absolute Gasteiger partial charge is 0.246 e. The van der Waals surface area contributed by atoms with Crippen molar-refractivity contribution in [1.82, 2.24) is 20.8 Å². The van der Waals surface area contributed by atoms with Gasteiger partial charge in [-0.3, -0.25) is 4.79 Å². The molecule has 2 N–H and O–H groups in total. The zero-order valence-corrected chi connectivity index (χ0v) is 13.3. The molecule has 0 spiro atoms. The molecule has 1 saturated heterocycles. The van der Waals surface area contributed by atoms with Gasteiger partial charge in [0.1, 0.15) is 0 Å². The van der Waals surface area contributed by atoms with Crippen molar-refractivity contribution in [3.05, 3.63) is 11.7 Å². The second kappa shape index (κ2) is 6.10. The van der Waals surface area contributed by atoms with Crippen LogP contribution in [-0.4, -0.2) is 22.6 Å². The molecule has 1 fully saturated rings. The molecule has 6 nitrogen and oxygen atoms in total. The number of nitrogens with zero attached hydrogens (tertiary/aromatic N) is 2. The van der Waals surface area contributed by atoms with Crippen LogP contribution < -0.4 is 10.6 Å². The summed E-state index contributed by atoms with van der Waals surface area (Å²) in [6.07, 6.45) is 3.31. The Bertz CT molecular complexity index is 467. The Morgan fingerprint density at radius 2 is 2.15 bits per heavy atom. The van der Waals surface area contributed by atoms with E-state index in [9.17, 15) is 4.79 Å². The molecule has 0 radical (unpaired) electrons. The maximum Gasteiger partial charge on any atom is 0.246 e. The van der Waals surface area contributed by atoms with Gasteiger partial charge >= 0.3 is 0 Å². The maximum absolute atomic E-state index is 11.2. The maximum atomic E-state index is 11.2. The SMILES string of the molecule is CC(=O)NC(C)(C)c1noc(C2(C)CCCCN2)n1.Cl. The minimum absolute atomic E-state index is 0. The predicted molar refractivity (Wildman–Crippen MR) is 77.6 cm³/mol. The number of nitrogens with one attached hydrogen (secondary N) is 2. The number of carbonyl (C=O) groups excluding carboxylic acids is 1. The molecule has 20 heavy (non-hydrogen) atoms. The van der Waals surface area contributed by atoms with Crippen molar-refractivity contribution in [3.63, 3.8) is 0 Å². The van der Waals surface area contributed by atoms with Crippen molar-refractivity contribution in [1.29, 1.82) is 0 Å². The summed E-state index contributed by atoms with van der Waals surface area (Å²) in [6, 6.07) is 0. The van der Waals surface area contributed by atoms with E-state index >= 15 is 0 Å². The van der Waals surface area contributed by atoms with Gasteiger partial charge in [-0.15, -0.1) is 12.4 Å². The number of carbonyl (C=O) groups is 1. The highest BCUT2D eigenvalue weighted by Crippen LogP contribution is 2.29. The number of aromatic nitrogens is 2. The largest absolute Gasteiger partial charge is 0.344 e. The summed E-state index contributed by atoms with van der Waals surface area (Å²) in [7, 11) is 0. The molecule has 1 amide bonds. The van der Waals surface area contributed by atoms with Crippen LogP contribution >= 0.6 is 12.4 Å². The molecule has 0 aliphatic carbocycles. The molecule has 7 heteroatoms. The Morgan fingerprint density at radius 3 is 2.70 bits per heavy atom. The molecule has 0 aromatic carbocycles. The average Bonchev–Trinajstić information content (AvgIpc) is 2.78. The average molecular weight is 303 g/mol. The van der Waals surface area contributed by atoms with Crippen LogP contribution in [0.5, 0.6) is 0 Å². The van der Waals surface area contributed by atoms with Gasteiger partial charge in [-0.05, 0) is 46.6 Å². The summed E-state index contributed by atoms with van der Waals surface area (Å²) < 4.78 is 5.40. The second-order valence-electron chi connectivity index (χ2n) is 5.95. The van der Waals surface area contributed by atoms with Gasteiger partial charge in [-0.2, -0.15) is 4.98 Å². The van der Waals surface area contributed by atoms with Crippen LogP contribution in [0.1, 0.15) is 58.7 Å². The van der Waals surface area contributed by atoms with Gasteiger partial charge in [0.25, 0.3) is 0 Å². The lowest BCUT2D eigenvalue weighted by atomic mass is 9.91. The number of hydrogen-bond donors (Lipinski definition) is 2. The monoisotopic (exact) mass is 302 g/mol. The van der Waals surface area contributed by atoms with Crippen molar-refractivity contribution in [2.75, 3.05) is 6.54 Å². The minimum atomic E-state index is -0.626. The van der Waals surface area contributed by atoms with E-state index in [0.717, 1.165) is 19.4 Å². The molecule has 1 aliphatic rings.